The number of amides is 1. The molecular weight excluding hydrogens is 366 g/mol. The van der Waals surface area contributed by atoms with Gasteiger partial charge in [-0.25, -0.2) is 9.50 Å². The van der Waals surface area contributed by atoms with Gasteiger partial charge in [0, 0.05) is 53.7 Å². The molecule has 0 bridgehead atoms. The number of hydrogen-bond acceptors (Lipinski definition) is 5. The lowest BCUT2D eigenvalue weighted by molar-refractivity contribution is -0.123. The molecular formula is C21H23N7O. The Bertz CT molecular complexity index is 1200. The summed E-state index contributed by atoms with van der Waals surface area (Å²) in [6.45, 7) is 3.95. The Labute approximate surface area is 167 Å². The SMILES string of the molecule is CCC(=O)NC1(C)CC(Nc2ncc3c(-c4ccn5nccc5c4)c[nH]c3n2)C1. The van der Waals surface area contributed by atoms with Gasteiger partial charge in [0.15, 0.2) is 0 Å². The molecule has 1 aliphatic carbocycles. The summed E-state index contributed by atoms with van der Waals surface area (Å²) in [5.41, 5.74) is 3.86. The minimum Gasteiger partial charge on any atom is -0.351 e. The second kappa shape index (κ2) is 6.58. The Morgan fingerprint density at radius 1 is 1.38 bits per heavy atom. The number of hydrogen-bond donors (Lipinski definition) is 3. The molecule has 1 saturated carbocycles. The molecule has 0 unspecified atom stereocenters. The molecule has 29 heavy (non-hydrogen) atoms. The van der Waals surface area contributed by atoms with Gasteiger partial charge < -0.3 is 15.6 Å². The number of carbonyl (C=O) groups is 1. The van der Waals surface area contributed by atoms with Crippen LogP contribution in [0.3, 0.4) is 0 Å². The number of aromatic amines is 1. The van der Waals surface area contributed by atoms with Gasteiger partial charge in [-0.3, -0.25) is 4.79 Å². The van der Waals surface area contributed by atoms with E-state index >= 15 is 0 Å². The van der Waals surface area contributed by atoms with E-state index in [1.54, 1.807) is 6.20 Å². The first-order valence-electron chi connectivity index (χ1n) is 9.88. The van der Waals surface area contributed by atoms with Crippen LogP contribution in [0.15, 0.2) is 43.0 Å². The molecule has 0 atom stereocenters. The molecule has 4 heterocycles. The van der Waals surface area contributed by atoms with E-state index in [0.29, 0.717) is 12.4 Å². The summed E-state index contributed by atoms with van der Waals surface area (Å²) >= 11 is 0. The number of rotatable bonds is 5. The Hall–Kier alpha value is -3.42. The fourth-order valence-corrected chi connectivity index (χ4v) is 4.14. The lowest BCUT2D eigenvalue weighted by Crippen LogP contribution is -2.59. The molecule has 1 amide bonds. The molecule has 0 aromatic carbocycles. The van der Waals surface area contributed by atoms with Crippen LogP contribution in [-0.4, -0.2) is 42.1 Å². The molecule has 148 valence electrons. The van der Waals surface area contributed by atoms with Crippen molar-refractivity contribution in [3.05, 3.63) is 43.0 Å². The zero-order valence-corrected chi connectivity index (χ0v) is 16.4. The van der Waals surface area contributed by atoms with Gasteiger partial charge in [0.05, 0.1) is 5.52 Å². The molecule has 8 heteroatoms. The second-order valence-corrected chi connectivity index (χ2v) is 7.99. The van der Waals surface area contributed by atoms with E-state index < -0.39 is 0 Å². The largest absolute Gasteiger partial charge is 0.351 e. The predicted molar refractivity (Wildman–Crippen MR) is 112 cm³/mol. The summed E-state index contributed by atoms with van der Waals surface area (Å²) in [5.74, 6) is 0.697. The van der Waals surface area contributed by atoms with Crippen LogP contribution in [0.5, 0.6) is 0 Å². The normalized spacial score (nSPS) is 21.2. The first-order valence-corrected chi connectivity index (χ1v) is 9.88. The van der Waals surface area contributed by atoms with Gasteiger partial charge in [-0.05, 0) is 43.5 Å². The average molecular weight is 389 g/mol. The number of anilines is 1. The van der Waals surface area contributed by atoms with E-state index in [4.69, 9.17) is 0 Å². The molecule has 1 aliphatic rings. The fourth-order valence-electron chi connectivity index (χ4n) is 4.14. The highest BCUT2D eigenvalue weighted by molar-refractivity contribution is 5.94. The molecule has 0 spiro atoms. The van der Waals surface area contributed by atoms with E-state index in [0.717, 1.165) is 40.5 Å². The predicted octanol–water partition coefficient (Wildman–Crippen LogP) is 3.13. The van der Waals surface area contributed by atoms with Crippen molar-refractivity contribution in [1.82, 2.24) is 29.9 Å². The van der Waals surface area contributed by atoms with Crippen molar-refractivity contribution in [2.45, 2.75) is 44.7 Å². The van der Waals surface area contributed by atoms with Crippen molar-refractivity contribution in [2.75, 3.05) is 5.32 Å². The van der Waals surface area contributed by atoms with E-state index in [-0.39, 0.29) is 17.5 Å². The van der Waals surface area contributed by atoms with Gasteiger partial charge in [0.25, 0.3) is 0 Å². The molecule has 0 saturated heterocycles. The number of carbonyl (C=O) groups excluding carboxylic acids is 1. The van der Waals surface area contributed by atoms with Crippen LogP contribution >= 0.6 is 0 Å². The maximum Gasteiger partial charge on any atom is 0.224 e. The van der Waals surface area contributed by atoms with Crippen molar-refractivity contribution in [3.8, 4) is 11.1 Å². The standard InChI is InChI=1S/C21H23N7O/c1-3-18(29)27-21(2)9-14(10-21)25-20-23-12-17-16(11-22-19(17)26-20)13-5-7-28-15(8-13)4-6-24-28/h4-8,11-12,14H,3,9-10H2,1-2H3,(H,27,29)(H2,22,23,25,26). The van der Waals surface area contributed by atoms with Gasteiger partial charge >= 0.3 is 0 Å². The van der Waals surface area contributed by atoms with E-state index in [1.807, 2.05) is 42.2 Å². The number of H-pyrrole nitrogens is 1. The first-order chi connectivity index (χ1) is 14.0. The topological polar surface area (TPSA) is 100 Å². The molecule has 8 nitrogen and oxygen atoms in total. The van der Waals surface area contributed by atoms with E-state index in [1.165, 1.54) is 0 Å². The summed E-state index contributed by atoms with van der Waals surface area (Å²) < 4.78 is 1.84. The number of fused-ring (bicyclic) bond motifs is 2. The zero-order chi connectivity index (χ0) is 20.0. The van der Waals surface area contributed by atoms with Gasteiger partial charge in [-0.2, -0.15) is 10.1 Å². The highest BCUT2D eigenvalue weighted by Gasteiger charge is 2.41. The second-order valence-electron chi connectivity index (χ2n) is 7.99. The summed E-state index contributed by atoms with van der Waals surface area (Å²) in [7, 11) is 0. The van der Waals surface area contributed by atoms with Gasteiger partial charge in [-0.15, -0.1) is 0 Å². The maximum absolute atomic E-state index is 11.6. The monoisotopic (exact) mass is 389 g/mol. The van der Waals surface area contributed by atoms with Crippen LogP contribution in [0.1, 0.15) is 33.1 Å². The summed E-state index contributed by atoms with van der Waals surface area (Å²) in [6, 6.07) is 6.37. The van der Waals surface area contributed by atoms with Crippen molar-refractivity contribution in [1.29, 1.82) is 0 Å². The first kappa shape index (κ1) is 17.7. The summed E-state index contributed by atoms with van der Waals surface area (Å²) in [5, 5.41) is 11.7. The quantitative estimate of drug-likeness (QED) is 0.487. The molecule has 4 aromatic rings. The highest BCUT2D eigenvalue weighted by Crippen LogP contribution is 2.34. The van der Waals surface area contributed by atoms with Crippen molar-refractivity contribution >= 4 is 28.4 Å². The number of pyridine rings is 1. The molecule has 3 N–H and O–H groups in total. The molecule has 0 radical (unpaired) electrons. The Balaban J connectivity index is 1.33. The smallest absolute Gasteiger partial charge is 0.224 e. The third-order valence-electron chi connectivity index (χ3n) is 5.63. The average Bonchev–Trinajstić information content (AvgIpc) is 3.32. The lowest BCUT2D eigenvalue weighted by Gasteiger charge is -2.45. The van der Waals surface area contributed by atoms with Crippen LogP contribution in [0, 0.1) is 0 Å². The molecule has 0 aliphatic heterocycles. The minimum atomic E-state index is -0.138. The third-order valence-corrected chi connectivity index (χ3v) is 5.63. The number of nitrogens with one attached hydrogen (secondary N) is 3. The van der Waals surface area contributed by atoms with Crippen LogP contribution in [-0.2, 0) is 4.79 Å². The number of nitrogens with zero attached hydrogens (tertiary/aromatic N) is 4. The van der Waals surface area contributed by atoms with Crippen molar-refractivity contribution < 1.29 is 4.79 Å². The fraction of sp³-hybridized carbons (Fsp3) is 0.333. The minimum absolute atomic E-state index is 0.0941. The Kier molecular flexibility index (Phi) is 4.01. The molecule has 5 rings (SSSR count). The van der Waals surface area contributed by atoms with E-state index in [2.05, 4.69) is 43.7 Å². The van der Waals surface area contributed by atoms with Crippen LogP contribution in [0.2, 0.25) is 0 Å². The van der Waals surface area contributed by atoms with Gasteiger partial charge in [-0.1, -0.05) is 6.92 Å². The lowest BCUT2D eigenvalue weighted by atomic mass is 9.74. The molecule has 1 fully saturated rings. The third kappa shape index (κ3) is 3.20. The molecule has 4 aromatic heterocycles. The van der Waals surface area contributed by atoms with Crippen LogP contribution < -0.4 is 10.6 Å². The van der Waals surface area contributed by atoms with Crippen LogP contribution in [0.25, 0.3) is 27.7 Å². The number of aromatic nitrogens is 5. The summed E-state index contributed by atoms with van der Waals surface area (Å²) in [4.78, 5) is 24.1. The summed E-state index contributed by atoms with van der Waals surface area (Å²) in [6.07, 6.45) is 9.79. The van der Waals surface area contributed by atoms with Crippen molar-refractivity contribution in [3.63, 3.8) is 0 Å². The van der Waals surface area contributed by atoms with E-state index in [9.17, 15) is 4.79 Å². The Morgan fingerprint density at radius 2 is 2.24 bits per heavy atom. The van der Waals surface area contributed by atoms with Crippen LogP contribution in [0.4, 0.5) is 5.95 Å². The van der Waals surface area contributed by atoms with Gasteiger partial charge in [0.2, 0.25) is 11.9 Å². The highest BCUT2D eigenvalue weighted by atomic mass is 16.1. The maximum atomic E-state index is 11.6. The zero-order valence-electron chi connectivity index (χ0n) is 16.4. The Morgan fingerprint density at radius 3 is 3.07 bits per heavy atom. The van der Waals surface area contributed by atoms with Gasteiger partial charge in [0.1, 0.15) is 5.65 Å². The van der Waals surface area contributed by atoms with Crippen molar-refractivity contribution in [2.24, 2.45) is 0 Å².